The van der Waals surface area contributed by atoms with Crippen molar-refractivity contribution in [1.82, 2.24) is 0 Å². The molecule has 1 aromatic rings. The summed E-state index contributed by atoms with van der Waals surface area (Å²) in [4.78, 5) is 0. The largest absolute Gasteiger partial charge is 0.616 e. The zero-order valence-electron chi connectivity index (χ0n) is 8.62. The molecular formula is C11H12N2O2. The highest BCUT2D eigenvalue weighted by Gasteiger charge is 2.24. The molecule has 1 aliphatic rings. The smallest absolute Gasteiger partial charge is 0.397 e. The lowest BCUT2D eigenvalue weighted by Crippen LogP contribution is -2.37. The zero-order chi connectivity index (χ0) is 10.8. The van der Waals surface area contributed by atoms with Gasteiger partial charge in [-0.05, 0) is 25.3 Å². The molecule has 1 heterocycles. The van der Waals surface area contributed by atoms with Crippen molar-refractivity contribution < 1.29 is 9.47 Å². The topological polar surface area (TPSA) is 60.0 Å². The van der Waals surface area contributed by atoms with Crippen molar-refractivity contribution in [2.75, 3.05) is 7.11 Å². The van der Waals surface area contributed by atoms with E-state index in [0.29, 0.717) is 5.56 Å². The maximum Gasteiger partial charge on any atom is 0.397 e. The Labute approximate surface area is 88.3 Å². The summed E-state index contributed by atoms with van der Waals surface area (Å²) in [6.07, 6.45) is 3.78. The van der Waals surface area contributed by atoms with Crippen LogP contribution in [-0.4, -0.2) is 7.11 Å². The van der Waals surface area contributed by atoms with Gasteiger partial charge in [-0.2, -0.15) is 5.26 Å². The molecule has 0 bridgehead atoms. The minimum Gasteiger partial charge on any atom is -0.616 e. The molecule has 0 aliphatic heterocycles. The summed E-state index contributed by atoms with van der Waals surface area (Å²) in [5.41, 5.74) is 2.08. The van der Waals surface area contributed by atoms with Gasteiger partial charge in [0.05, 0.1) is 7.11 Å². The average molecular weight is 204 g/mol. The van der Waals surface area contributed by atoms with E-state index < -0.39 is 0 Å². The van der Waals surface area contributed by atoms with Crippen LogP contribution >= 0.6 is 0 Å². The van der Waals surface area contributed by atoms with Gasteiger partial charge in [-0.3, -0.25) is 0 Å². The number of methoxy groups -OCH3 is 1. The number of aryl methyl sites for hydroxylation is 1. The number of rotatable bonds is 1. The van der Waals surface area contributed by atoms with E-state index in [-0.39, 0.29) is 5.88 Å². The second kappa shape index (κ2) is 3.77. The van der Waals surface area contributed by atoms with E-state index in [0.717, 1.165) is 41.7 Å². The fraction of sp³-hybridized carbons (Fsp3) is 0.455. The number of nitriles is 1. The summed E-state index contributed by atoms with van der Waals surface area (Å²) < 4.78 is 5.73. The maximum absolute atomic E-state index is 11.9. The molecule has 0 amide bonds. The normalized spacial score (nSPS) is 14.1. The van der Waals surface area contributed by atoms with E-state index >= 15 is 0 Å². The van der Waals surface area contributed by atoms with Gasteiger partial charge < -0.3 is 9.94 Å². The van der Waals surface area contributed by atoms with Crippen LogP contribution in [0.15, 0.2) is 6.07 Å². The first-order chi connectivity index (χ1) is 7.27. The summed E-state index contributed by atoms with van der Waals surface area (Å²) in [5.74, 6) is 0.123. The van der Waals surface area contributed by atoms with Gasteiger partial charge in [-0.25, -0.2) is 0 Å². The summed E-state index contributed by atoms with van der Waals surface area (Å²) >= 11 is 0. The summed E-state index contributed by atoms with van der Waals surface area (Å²) in [7, 11) is 1.42. The lowest BCUT2D eigenvalue weighted by Gasteiger charge is -2.16. The first kappa shape index (κ1) is 9.78. The lowest BCUT2D eigenvalue weighted by molar-refractivity contribution is -0.621. The summed E-state index contributed by atoms with van der Waals surface area (Å²) in [5, 5.41) is 20.8. The molecule has 0 radical (unpaired) electrons. The number of aromatic nitrogens is 1. The van der Waals surface area contributed by atoms with Gasteiger partial charge in [0.2, 0.25) is 0 Å². The van der Waals surface area contributed by atoms with Gasteiger partial charge in [-0.15, -0.1) is 4.73 Å². The molecule has 0 aromatic carbocycles. The molecule has 0 atom stereocenters. The van der Waals surface area contributed by atoms with E-state index in [2.05, 4.69) is 0 Å². The van der Waals surface area contributed by atoms with Crippen LogP contribution in [0.4, 0.5) is 0 Å². The van der Waals surface area contributed by atoms with E-state index in [4.69, 9.17) is 10.00 Å². The third kappa shape index (κ3) is 1.50. The van der Waals surface area contributed by atoms with Crippen LogP contribution in [0.2, 0.25) is 0 Å². The van der Waals surface area contributed by atoms with Crippen molar-refractivity contribution in [3.63, 3.8) is 0 Å². The second-order valence-electron chi connectivity index (χ2n) is 3.65. The van der Waals surface area contributed by atoms with Crippen LogP contribution in [-0.2, 0) is 12.8 Å². The molecule has 1 aliphatic carbocycles. The highest BCUT2D eigenvalue weighted by molar-refractivity contribution is 5.39. The molecule has 0 spiro atoms. The molecule has 0 unspecified atom stereocenters. The summed E-state index contributed by atoms with van der Waals surface area (Å²) in [6, 6.07) is 3.77. The van der Waals surface area contributed by atoms with Crippen LogP contribution < -0.4 is 9.47 Å². The fourth-order valence-corrected chi connectivity index (χ4v) is 2.04. The van der Waals surface area contributed by atoms with Crippen molar-refractivity contribution in [2.45, 2.75) is 25.7 Å². The fourth-order valence-electron chi connectivity index (χ4n) is 2.04. The monoisotopic (exact) mass is 204 g/mol. The van der Waals surface area contributed by atoms with Gasteiger partial charge in [-0.1, -0.05) is 0 Å². The minimum absolute atomic E-state index is 0.123. The Balaban J connectivity index is 2.63. The standard InChI is InChI=1S/C11H12N2O2/c1-15-11-9(7-12)6-8-4-2-3-5-10(8)13(11)14/h6H,2-5H2,1H3. The third-order valence-corrected chi connectivity index (χ3v) is 2.77. The van der Waals surface area contributed by atoms with Crippen LogP contribution in [0.3, 0.4) is 0 Å². The molecule has 4 heteroatoms. The van der Waals surface area contributed by atoms with Crippen LogP contribution in [0.25, 0.3) is 0 Å². The highest BCUT2D eigenvalue weighted by Crippen LogP contribution is 2.23. The van der Waals surface area contributed by atoms with E-state index in [1.807, 2.05) is 6.07 Å². The Kier molecular flexibility index (Phi) is 2.46. The van der Waals surface area contributed by atoms with Crippen molar-refractivity contribution in [3.8, 4) is 11.9 Å². The Morgan fingerprint density at radius 1 is 1.47 bits per heavy atom. The molecule has 2 rings (SSSR count). The molecule has 0 fully saturated rings. The van der Waals surface area contributed by atoms with E-state index in [1.165, 1.54) is 7.11 Å². The van der Waals surface area contributed by atoms with Crippen LogP contribution in [0.5, 0.6) is 5.88 Å². The van der Waals surface area contributed by atoms with Gasteiger partial charge in [0.15, 0.2) is 11.3 Å². The van der Waals surface area contributed by atoms with Gasteiger partial charge >= 0.3 is 5.88 Å². The third-order valence-electron chi connectivity index (χ3n) is 2.77. The van der Waals surface area contributed by atoms with Crippen molar-refractivity contribution in [1.29, 1.82) is 5.26 Å². The Bertz CT molecular complexity index is 435. The number of nitrogens with zero attached hydrogens (tertiary/aromatic N) is 2. The quantitative estimate of drug-likeness (QED) is 0.508. The lowest BCUT2D eigenvalue weighted by atomic mass is 9.95. The van der Waals surface area contributed by atoms with Crippen molar-refractivity contribution in [2.24, 2.45) is 0 Å². The molecule has 4 nitrogen and oxygen atoms in total. The number of pyridine rings is 1. The number of hydrogen-bond donors (Lipinski definition) is 0. The molecule has 0 N–H and O–H groups in total. The van der Waals surface area contributed by atoms with E-state index in [9.17, 15) is 5.21 Å². The Hall–Kier alpha value is -1.76. The predicted molar refractivity (Wildman–Crippen MR) is 53.3 cm³/mol. The zero-order valence-corrected chi connectivity index (χ0v) is 8.62. The Morgan fingerprint density at radius 3 is 2.87 bits per heavy atom. The van der Waals surface area contributed by atoms with Crippen LogP contribution in [0.1, 0.15) is 29.7 Å². The molecule has 0 saturated carbocycles. The first-order valence-electron chi connectivity index (χ1n) is 5.00. The van der Waals surface area contributed by atoms with Gasteiger partial charge in [0.1, 0.15) is 6.07 Å². The molecule has 15 heavy (non-hydrogen) atoms. The minimum atomic E-state index is 0.123. The molecule has 0 saturated heterocycles. The van der Waals surface area contributed by atoms with Crippen molar-refractivity contribution in [3.05, 3.63) is 28.1 Å². The van der Waals surface area contributed by atoms with Gasteiger partial charge in [0, 0.05) is 12.0 Å². The van der Waals surface area contributed by atoms with E-state index in [1.54, 1.807) is 6.07 Å². The average Bonchev–Trinajstić information content (AvgIpc) is 2.29. The molecule has 78 valence electrons. The summed E-state index contributed by atoms with van der Waals surface area (Å²) in [6.45, 7) is 0. The van der Waals surface area contributed by atoms with Crippen molar-refractivity contribution >= 4 is 0 Å². The molecular weight excluding hydrogens is 192 g/mol. The number of ether oxygens (including phenoxy) is 1. The number of fused-ring (bicyclic) bond motifs is 1. The molecule has 1 aromatic heterocycles. The highest BCUT2D eigenvalue weighted by atomic mass is 16.5. The van der Waals surface area contributed by atoms with Crippen LogP contribution in [0, 0.1) is 16.5 Å². The van der Waals surface area contributed by atoms with Gasteiger partial charge in [0.25, 0.3) is 0 Å². The number of hydrogen-bond acceptors (Lipinski definition) is 3. The Morgan fingerprint density at radius 2 is 2.20 bits per heavy atom. The SMILES string of the molecule is COc1c(C#N)cc2c([n+]1[O-])CCCC2. The second-order valence-corrected chi connectivity index (χ2v) is 3.65. The first-order valence-corrected chi connectivity index (χ1v) is 5.00. The maximum atomic E-state index is 11.9. The predicted octanol–water partition coefficient (Wildman–Crippen LogP) is 1.08.